The molecule has 0 aromatic heterocycles. The van der Waals surface area contributed by atoms with Crippen LogP contribution in [0.1, 0.15) is 23.5 Å². The van der Waals surface area contributed by atoms with Gasteiger partial charge in [0.15, 0.2) is 6.04 Å². The highest BCUT2D eigenvalue weighted by molar-refractivity contribution is 5.83. The molecule has 150 valence electrons. The van der Waals surface area contributed by atoms with Crippen LogP contribution in [-0.4, -0.2) is 54.0 Å². The first-order valence-corrected chi connectivity index (χ1v) is 9.69. The maximum Gasteiger partial charge on any atom is 0.410 e. The lowest BCUT2D eigenvalue weighted by molar-refractivity contribution is -0.150. The van der Waals surface area contributed by atoms with Gasteiger partial charge >= 0.3 is 12.1 Å². The van der Waals surface area contributed by atoms with Crippen LogP contribution in [0.3, 0.4) is 0 Å². The van der Waals surface area contributed by atoms with Gasteiger partial charge in [0.05, 0.1) is 6.10 Å². The zero-order valence-corrected chi connectivity index (χ0v) is 16.0. The largest absolute Gasteiger partial charge is 0.460 e. The molecule has 29 heavy (non-hydrogen) atoms. The molecule has 6 heteroatoms. The Morgan fingerprint density at radius 1 is 1.07 bits per heavy atom. The van der Waals surface area contributed by atoms with Gasteiger partial charge in [0, 0.05) is 12.5 Å². The molecule has 2 aliphatic rings. The Morgan fingerprint density at radius 2 is 1.69 bits per heavy atom. The summed E-state index contributed by atoms with van der Waals surface area (Å²) in [6.45, 7) is 3.93. The highest BCUT2D eigenvalue weighted by Gasteiger charge is 2.43. The Bertz CT molecular complexity index is 895. The van der Waals surface area contributed by atoms with Crippen LogP contribution in [0.25, 0.3) is 11.1 Å². The molecule has 0 saturated carbocycles. The van der Waals surface area contributed by atoms with Gasteiger partial charge in [-0.25, -0.2) is 9.59 Å². The van der Waals surface area contributed by atoms with Crippen LogP contribution in [0.5, 0.6) is 0 Å². The fourth-order valence-electron chi connectivity index (χ4n) is 4.17. The minimum Gasteiger partial charge on any atom is -0.460 e. The molecule has 2 aromatic rings. The van der Waals surface area contributed by atoms with Crippen molar-refractivity contribution in [1.29, 1.82) is 0 Å². The number of nitrogens with zero attached hydrogens (tertiary/aromatic N) is 1. The molecule has 0 bridgehead atoms. The molecule has 0 spiro atoms. The van der Waals surface area contributed by atoms with Gasteiger partial charge in [0.25, 0.3) is 0 Å². The number of likely N-dealkylation sites (tertiary alicyclic amines) is 1. The van der Waals surface area contributed by atoms with Crippen molar-refractivity contribution in [2.45, 2.75) is 24.5 Å². The minimum absolute atomic E-state index is 0.0284. The van der Waals surface area contributed by atoms with Crippen LogP contribution in [0, 0.1) is 0 Å². The Morgan fingerprint density at radius 3 is 2.31 bits per heavy atom. The van der Waals surface area contributed by atoms with E-state index < -0.39 is 24.2 Å². The summed E-state index contributed by atoms with van der Waals surface area (Å²) >= 11 is 0. The normalized spacial score (nSPS) is 20.1. The third kappa shape index (κ3) is 3.51. The number of esters is 1. The van der Waals surface area contributed by atoms with Crippen LogP contribution in [0.2, 0.25) is 0 Å². The van der Waals surface area contributed by atoms with Gasteiger partial charge in [-0.15, -0.1) is 0 Å². The molecule has 2 atom stereocenters. The molecule has 1 heterocycles. The van der Waals surface area contributed by atoms with E-state index in [1.54, 1.807) is 0 Å². The molecule has 1 saturated heterocycles. The maximum absolute atomic E-state index is 12.7. The molecular formula is C23H23NO5. The fraction of sp³-hybridized carbons (Fsp3) is 0.304. The molecule has 2 aromatic carbocycles. The van der Waals surface area contributed by atoms with Crippen molar-refractivity contribution in [3.05, 3.63) is 72.3 Å². The highest BCUT2D eigenvalue weighted by atomic mass is 16.6. The molecule has 1 amide bonds. The minimum atomic E-state index is -1.05. The molecule has 1 N–H and O–H groups in total. The van der Waals surface area contributed by atoms with E-state index in [1.165, 1.54) is 11.0 Å². The SMILES string of the molecule is C=CCOC(=O)[C@@H]1[C@H](O)CCN1C(=O)OCC1c2ccccc2-c2ccccc21. The Labute approximate surface area is 169 Å². The van der Waals surface area contributed by atoms with Crippen LogP contribution in [0.15, 0.2) is 61.2 Å². The average Bonchev–Trinajstić information content (AvgIpc) is 3.28. The van der Waals surface area contributed by atoms with Crippen LogP contribution >= 0.6 is 0 Å². The number of ether oxygens (including phenoxy) is 2. The number of hydrogen-bond donors (Lipinski definition) is 1. The van der Waals surface area contributed by atoms with Crippen molar-refractivity contribution < 1.29 is 24.2 Å². The van der Waals surface area contributed by atoms with E-state index in [9.17, 15) is 14.7 Å². The third-order valence-corrected chi connectivity index (χ3v) is 5.52. The van der Waals surface area contributed by atoms with E-state index in [4.69, 9.17) is 9.47 Å². The van der Waals surface area contributed by atoms with E-state index in [0.717, 1.165) is 22.3 Å². The van der Waals surface area contributed by atoms with Gasteiger partial charge in [0.1, 0.15) is 13.2 Å². The number of carbonyl (C=O) groups excluding carboxylic acids is 2. The second kappa shape index (κ2) is 8.09. The average molecular weight is 393 g/mol. The van der Waals surface area contributed by atoms with E-state index in [-0.39, 0.29) is 25.7 Å². The van der Waals surface area contributed by atoms with Crippen LogP contribution in [0.4, 0.5) is 4.79 Å². The van der Waals surface area contributed by atoms with E-state index in [1.807, 2.05) is 36.4 Å². The molecule has 1 aliphatic heterocycles. The number of fused-ring (bicyclic) bond motifs is 3. The van der Waals surface area contributed by atoms with Gasteiger partial charge in [-0.2, -0.15) is 0 Å². The first-order chi connectivity index (χ1) is 14.1. The quantitative estimate of drug-likeness (QED) is 0.624. The lowest BCUT2D eigenvalue weighted by Crippen LogP contribution is -2.46. The number of rotatable bonds is 5. The van der Waals surface area contributed by atoms with Crippen molar-refractivity contribution in [3.8, 4) is 11.1 Å². The van der Waals surface area contributed by atoms with E-state index in [0.29, 0.717) is 6.42 Å². The van der Waals surface area contributed by atoms with Gasteiger partial charge in [-0.1, -0.05) is 61.2 Å². The van der Waals surface area contributed by atoms with Crippen LogP contribution < -0.4 is 0 Å². The summed E-state index contributed by atoms with van der Waals surface area (Å²) in [6, 6.07) is 15.1. The van der Waals surface area contributed by atoms with Crippen molar-refractivity contribution in [2.24, 2.45) is 0 Å². The lowest BCUT2D eigenvalue weighted by atomic mass is 9.98. The van der Waals surface area contributed by atoms with Crippen molar-refractivity contribution >= 4 is 12.1 Å². The van der Waals surface area contributed by atoms with E-state index >= 15 is 0 Å². The molecule has 6 nitrogen and oxygen atoms in total. The predicted molar refractivity (Wildman–Crippen MR) is 107 cm³/mol. The zero-order chi connectivity index (χ0) is 20.4. The Kier molecular flexibility index (Phi) is 5.36. The number of hydrogen-bond acceptors (Lipinski definition) is 5. The fourth-order valence-corrected chi connectivity index (χ4v) is 4.17. The summed E-state index contributed by atoms with van der Waals surface area (Å²) in [6.07, 6.45) is 0.159. The topological polar surface area (TPSA) is 76.1 Å². The number of benzene rings is 2. The molecule has 0 radical (unpaired) electrons. The van der Waals surface area contributed by atoms with Gasteiger partial charge in [-0.3, -0.25) is 4.90 Å². The van der Waals surface area contributed by atoms with Gasteiger partial charge < -0.3 is 14.6 Å². The van der Waals surface area contributed by atoms with Crippen molar-refractivity contribution in [2.75, 3.05) is 19.8 Å². The zero-order valence-electron chi connectivity index (χ0n) is 16.0. The number of carbonyl (C=O) groups is 2. The standard InChI is InChI=1S/C23H23NO5/c1-2-13-28-22(26)21-20(25)11-12-24(21)23(27)29-14-19-17-9-5-3-7-15(17)16-8-4-6-10-18(16)19/h2-10,19-21,25H,1,11-14H2/t20-,21+/m1/s1. The first kappa shape index (κ1) is 19.2. The molecule has 4 rings (SSSR count). The smallest absolute Gasteiger partial charge is 0.410 e. The van der Waals surface area contributed by atoms with Gasteiger partial charge in [0.2, 0.25) is 0 Å². The molecule has 0 unspecified atom stereocenters. The number of aliphatic hydroxyl groups is 1. The summed E-state index contributed by atoms with van der Waals surface area (Å²) in [5.41, 5.74) is 4.52. The highest BCUT2D eigenvalue weighted by Crippen LogP contribution is 2.44. The second-order valence-electron chi connectivity index (χ2n) is 7.22. The van der Waals surface area contributed by atoms with Crippen molar-refractivity contribution in [3.63, 3.8) is 0 Å². The lowest BCUT2D eigenvalue weighted by Gasteiger charge is -2.24. The molecule has 1 fully saturated rings. The second-order valence-corrected chi connectivity index (χ2v) is 7.22. The summed E-state index contributed by atoms with van der Waals surface area (Å²) in [5, 5.41) is 10.1. The summed E-state index contributed by atoms with van der Waals surface area (Å²) < 4.78 is 10.6. The molecule has 1 aliphatic carbocycles. The van der Waals surface area contributed by atoms with Gasteiger partial charge in [-0.05, 0) is 28.7 Å². The Hall–Kier alpha value is -3.12. The Balaban J connectivity index is 1.48. The van der Waals surface area contributed by atoms with E-state index in [2.05, 4.69) is 18.7 Å². The summed E-state index contributed by atoms with van der Waals surface area (Å²) in [7, 11) is 0. The number of aliphatic hydroxyl groups excluding tert-OH is 1. The van der Waals surface area contributed by atoms with Crippen molar-refractivity contribution in [1.82, 2.24) is 4.90 Å². The monoisotopic (exact) mass is 393 g/mol. The summed E-state index contributed by atoms with van der Waals surface area (Å²) in [5.74, 6) is -0.714. The predicted octanol–water partition coefficient (Wildman–Crippen LogP) is 3.10. The first-order valence-electron chi connectivity index (χ1n) is 9.69. The molecular weight excluding hydrogens is 370 g/mol. The third-order valence-electron chi connectivity index (χ3n) is 5.52. The number of amides is 1. The summed E-state index contributed by atoms with van der Waals surface area (Å²) in [4.78, 5) is 26.2. The maximum atomic E-state index is 12.7. The van der Waals surface area contributed by atoms with Crippen LogP contribution in [-0.2, 0) is 14.3 Å².